The van der Waals surface area contributed by atoms with Crippen molar-refractivity contribution in [2.75, 3.05) is 6.61 Å². The van der Waals surface area contributed by atoms with E-state index in [1.807, 2.05) is 39.8 Å². The molecule has 1 saturated carbocycles. The fourth-order valence-corrected chi connectivity index (χ4v) is 6.86. The van der Waals surface area contributed by atoms with E-state index in [9.17, 15) is 4.79 Å². The molecule has 0 amide bonds. The summed E-state index contributed by atoms with van der Waals surface area (Å²) in [4.78, 5) is 16.3. The SMILES string of the molecule is Cc1cc([S+](c2ccccc2)c2ccccc2)cc(C)c1OCC(=O)OC(C)(C)C#CC1CCCC1. The molecule has 0 bridgehead atoms. The molecule has 1 aliphatic rings. The lowest BCUT2D eigenvalue weighted by molar-refractivity contribution is -0.154. The largest absolute Gasteiger partial charge is 0.481 e. The third-order valence-electron chi connectivity index (χ3n) is 6.26. The van der Waals surface area contributed by atoms with E-state index in [2.05, 4.69) is 72.5 Å². The van der Waals surface area contributed by atoms with Crippen LogP contribution in [0.25, 0.3) is 0 Å². The molecule has 0 saturated heterocycles. The summed E-state index contributed by atoms with van der Waals surface area (Å²) in [6.45, 7) is 7.61. The van der Waals surface area contributed by atoms with Crippen molar-refractivity contribution in [3.8, 4) is 17.6 Å². The van der Waals surface area contributed by atoms with Gasteiger partial charge in [-0.1, -0.05) is 61.1 Å². The molecule has 0 atom stereocenters. The zero-order valence-corrected chi connectivity index (χ0v) is 22.5. The van der Waals surface area contributed by atoms with Gasteiger partial charge in [-0.15, -0.1) is 0 Å². The number of rotatable bonds is 7. The molecule has 36 heavy (non-hydrogen) atoms. The predicted molar refractivity (Wildman–Crippen MR) is 146 cm³/mol. The fourth-order valence-electron chi connectivity index (χ4n) is 4.59. The summed E-state index contributed by atoms with van der Waals surface area (Å²) in [5.41, 5.74) is 1.18. The van der Waals surface area contributed by atoms with Crippen LogP contribution in [0.1, 0.15) is 50.7 Å². The van der Waals surface area contributed by atoms with Crippen LogP contribution in [0.15, 0.2) is 87.5 Å². The Bertz CT molecular complexity index is 1170. The van der Waals surface area contributed by atoms with Crippen LogP contribution in [0.2, 0.25) is 0 Å². The van der Waals surface area contributed by atoms with Crippen LogP contribution in [0.3, 0.4) is 0 Å². The summed E-state index contributed by atoms with van der Waals surface area (Å²) in [7, 11) is -0.236. The molecule has 0 radical (unpaired) electrons. The van der Waals surface area contributed by atoms with E-state index in [4.69, 9.17) is 9.47 Å². The Kier molecular flexibility index (Phi) is 8.44. The van der Waals surface area contributed by atoms with Gasteiger partial charge in [-0.05, 0) is 75.9 Å². The van der Waals surface area contributed by atoms with Crippen molar-refractivity contribution in [2.24, 2.45) is 5.92 Å². The summed E-state index contributed by atoms with van der Waals surface area (Å²) in [6.07, 6.45) is 4.76. The van der Waals surface area contributed by atoms with Gasteiger partial charge in [0.1, 0.15) is 5.75 Å². The second-order valence-electron chi connectivity index (χ2n) is 9.84. The van der Waals surface area contributed by atoms with Crippen molar-refractivity contribution in [2.45, 2.75) is 73.7 Å². The summed E-state index contributed by atoms with van der Waals surface area (Å²) < 4.78 is 11.6. The molecule has 3 aromatic rings. The van der Waals surface area contributed by atoms with Crippen molar-refractivity contribution in [3.63, 3.8) is 0 Å². The van der Waals surface area contributed by atoms with Gasteiger partial charge in [0.15, 0.2) is 26.9 Å². The lowest BCUT2D eigenvalue weighted by Gasteiger charge is -2.20. The zero-order valence-electron chi connectivity index (χ0n) is 21.7. The molecule has 3 aromatic carbocycles. The average molecular weight is 500 g/mol. The van der Waals surface area contributed by atoms with Gasteiger partial charge in [0.2, 0.25) is 0 Å². The molecular formula is C32H35O3S+. The van der Waals surface area contributed by atoms with E-state index in [1.54, 1.807) is 0 Å². The molecule has 3 nitrogen and oxygen atoms in total. The Morgan fingerprint density at radius 1 is 0.889 bits per heavy atom. The molecular weight excluding hydrogens is 464 g/mol. The number of esters is 1. The molecule has 1 aliphatic carbocycles. The highest BCUT2D eigenvalue weighted by atomic mass is 32.2. The first-order chi connectivity index (χ1) is 17.3. The van der Waals surface area contributed by atoms with E-state index in [1.165, 1.54) is 27.5 Å². The number of benzene rings is 3. The molecule has 0 heterocycles. The van der Waals surface area contributed by atoms with Crippen LogP contribution < -0.4 is 4.74 Å². The molecule has 0 aliphatic heterocycles. The third kappa shape index (κ3) is 6.74. The number of ether oxygens (including phenoxy) is 2. The summed E-state index contributed by atoms with van der Waals surface area (Å²) in [5.74, 6) is 7.21. The van der Waals surface area contributed by atoms with Crippen molar-refractivity contribution >= 4 is 16.9 Å². The maximum Gasteiger partial charge on any atom is 0.345 e. The van der Waals surface area contributed by atoms with Gasteiger partial charge in [-0.3, -0.25) is 0 Å². The maximum absolute atomic E-state index is 12.6. The highest BCUT2D eigenvalue weighted by molar-refractivity contribution is 7.97. The molecule has 1 fully saturated rings. The van der Waals surface area contributed by atoms with Gasteiger partial charge in [0, 0.05) is 18.1 Å². The Morgan fingerprint density at radius 3 is 1.94 bits per heavy atom. The Balaban J connectivity index is 1.48. The Labute approximate surface area is 218 Å². The first-order valence-corrected chi connectivity index (χ1v) is 13.9. The van der Waals surface area contributed by atoms with Gasteiger partial charge in [0.25, 0.3) is 0 Å². The molecule has 186 valence electrons. The van der Waals surface area contributed by atoms with Crippen molar-refractivity contribution in [3.05, 3.63) is 83.9 Å². The minimum atomic E-state index is -0.823. The first kappa shape index (κ1) is 25.9. The molecule has 4 rings (SSSR count). The summed E-state index contributed by atoms with van der Waals surface area (Å²) >= 11 is 0. The lowest BCUT2D eigenvalue weighted by atomic mass is 10.1. The van der Waals surface area contributed by atoms with Gasteiger partial charge in [-0.25, -0.2) is 4.79 Å². The lowest BCUT2D eigenvalue weighted by Crippen LogP contribution is -2.29. The second kappa shape index (κ2) is 11.7. The minimum Gasteiger partial charge on any atom is -0.481 e. The van der Waals surface area contributed by atoms with Gasteiger partial charge < -0.3 is 9.47 Å². The molecule has 0 spiro atoms. The highest BCUT2D eigenvalue weighted by Crippen LogP contribution is 2.35. The molecule has 0 aromatic heterocycles. The van der Waals surface area contributed by atoms with Crippen molar-refractivity contribution in [1.82, 2.24) is 0 Å². The quantitative estimate of drug-likeness (QED) is 0.194. The highest BCUT2D eigenvalue weighted by Gasteiger charge is 2.30. The summed E-state index contributed by atoms with van der Waals surface area (Å²) in [5, 5.41) is 0. The molecule has 0 unspecified atom stereocenters. The van der Waals surface area contributed by atoms with Crippen LogP contribution >= 0.6 is 0 Å². The average Bonchev–Trinajstić information content (AvgIpc) is 3.38. The molecule has 4 heteroatoms. The zero-order chi connectivity index (χ0) is 25.5. The molecule has 0 N–H and O–H groups in total. The van der Waals surface area contributed by atoms with Crippen LogP contribution in [0.5, 0.6) is 5.75 Å². The topological polar surface area (TPSA) is 35.5 Å². The van der Waals surface area contributed by atoms with Gasteiger partial charge in [0.05, 0.1) is 10.9 Å². The van der Waals surface area contributed by atoms with Crippen LogP contribution in [-0.4, -0.2) is 18.2 Å². The minimum absolute atomic E-state index is 0.140. The van der Waals surface area contributed by atoms with E-state index in [0.717, 1.165) is 29.7 Å². The summed E-state index contributed by atoms with van der Waals surface area (Å²) in [6, 6.07) is 25.5. The number of hydrogen-bond acceptors (Lipinski definition) is 3. The monoisotopic (exact) mass is 499 g/mol. The second-order valence-corrected chi connectivity index (χ2v) is 11.9. The number of carbonyl (C=O) groups excluding carboxylic acids is 1. The predicted octanol–water partition coefficient (Wildman–Crippen LogP) is 7.29. The van der Waals surface area contributed by atoms with Crippen molar-refractivity contribution < 1.29 is 14.3 Å². The number of hydrogen-bond donors (Lipinski definition) is 0. The van der Waals surface area contributed by atoms with Crippen LogP contribution in [0.4, 0.5) is 0 Å². The Hall–Kier alpha value is -3.16. The standard InChI is InChI=1S/C32H35O3S/c1-24-21-29(36(27-15-7-5-8-16-27)28-17-9-6-10-18-28)22-25(2)31(24)34-23-30(33)35-32(3,4)20-19-26-13-11-12-14-26/h5-10,15-18,21-22,26H,11-14,23H2,1-4H3/q+1. The van der Waals surface area contributed by atoms with E-state index in [0.29, 0.717) is 5.92 Å². The third-order valence-corrected chi connectivity index (χ3v) is 8.46. The number of aryl methyl sites for hydroxylation is 2. The van der Waals surface area contributed by atoms with Crippen LogP contribution in [0, 0.1) is 31.6 Å². The van der Waals surface area contributed by atoms with E-state index in [-0.39, 0.29) is 17.5 Å². The normalized spacial score (nSPS) is 13.8. The van der Waals surface area contributed by atoms with E-state index >= 15 is 0 Å². The fraction of sp³-hybridized carbons (Fsp3) is 0.344. The Morgan fingerprint density at radius 2 is 1.42 bits per heavy atom. The first-order valence-electron chi connectivity index (χ1n) is 12.7. The van der Waals surface area contributed by atoms with Gasteiger partial charge in [-0.2, -0.15) is 0 Å². The van der Waals surface area contributed by atoms with E-state index < -0.39 is 11.6 Å². The maximum atomic E-state index is 12.6. The number of carbonyl (C=O) groups is 1. The smallest absolute Gasteiger partial charge is 0.345 e. The van der Waals surface area contributed by atoms with Crippen LogP contribution in [-0.2, 0) is 20.4 Å². The van der Waals surface area contributed by atoms with Gasteiger partial charge >= 0.3 is 5.97 Å². The van der Waals surface area contributed by atoms with Crippen molar-refractivity contribution in [1.29, 1.82) is 0 Å².